The van der Waals surface area contributed by atoms with Gasteiger partial charge < -0.3 is 14.9 Å². The lowest BCUT2D eigenvalue weighted by Crippen LogP contribution is -2.17. The van der Waals surface area contributed by atoms with Crippen LogP contribution in [0.25, 0.3) is 22.5 Å². The highest BCUT2D eigenvalue weighted by atomic mass is 35.5. The molecule has 0 aliphatic rings. The number of hydrogen-bond donors (Lipinski definition) is 2. The molecule has 1 atom stereocenters. The van der Waals surface area contributed by atoms with Gasteiger partial charge in [-0.1, -0.05) is 144 Å². The fourth-order valence-electron chi connectivity index (χ4n) is 4.64. The van der Waals surface area contributed by atoms with Gasteiger partial charge in [-0.15, -0.1) is 0 Å². The fraction of sp³-hybridized carbons (Fsp3) is 0.300. The summed E-state index contributed by atoms with van der Waals surface area (Å²) >= 11 is 6.08. The van der Waals surface area contributed by atoms with Crippen molar-refractivity contribution >= 4 is 17.6 Å². The minimum absolute atomic E-state index is 0.00373. The fourth-order valence-corrected chi connectivity index (χ4v) is 4.76. The topological polar surface area (TPSA) is 75.4 Å². The molecular weight excluding hydrogens is 592 g/mol. The summed E-state index contributed by atoms with van der Waals surface area (Å²) in [5, 5.41) is 17.2. The van der Waals surface area contributed by atoms with E-state index >= 15 is 0 Å². The monoisotopic (exact) mass is 640 g/mol. The average Bonchev–Trinajstić information content (AvgIpc) is 3.58. The van der Waals surface area contributed by atoms with E-state index < -0.39 is 5.97 Å². The van der Waals surface area contributed by atoms with E-state index in [1.165, 1.54) is 11.1 Å². The summed E-state index contributed by atoms with van der Waals surface area (Å²) in [4.78, 5) is 10.7. The molecule has 0 bridgehead atoms. The number of rotatable bonds is 14. The summed E-state index contributed by atoms with van der Waals surface area (Å²) in [6, 6.07) is 26.4. The van der Waals surface area contributed by atoms with Crippen molar-refractivity contribution in [1.29, 1.82) is 0 Å². The number of aromatic nitrogens is 1. The van der Waals surface area contributed by atoms with Crippen molar-refractivity contribution in [3.8, 4) is 22.5 Å². The molecular formula is C40H49ClN2O3. The normalized spacial score (nSPS) is 11.8. The van der Waals surface area contributed by atoms with E-state index in [0.29, 0.717) is 29.8 Å². The van der Waals surface area contributed by atoms with Crippen LogP contribution in [0, 0.1) is 5.92 Å². The van der Waals surface area contributed by atoms with Crippen LogP contribution < -0.4 is 5.32 Å². The van der Waals surface area contributed by atoms with Crippen molar-refractivity contribution in [2.75, 3.05) is 6.54 Å². The minimum atomic E-state index is -0.800. The lowest BCUT2D eigenvalue weighted by molar-refractivity contribution is -0.136. The lowest BCUT2D eigenvalue weighted by atomic mass is 9.94. The standard InChI is InChI=1S/C36H37ClN2O3.2C2H6/c1-4-28(25(2)3)7-5-9-31(21-26-11-13-27(14-12-26)24-38-20-19-36(40)41)34-23-35(42-39-34)32-10-6-8-30(22-32)29-15-17-33(37)18-16-29;2*1-2/h4-18,22-23,25,31,38H,1,19-21,24H2,2-3H3,(H,40,41);2*1-2H3/b9-5+,28-7+;;. The predicted molar refractivity (Wildman–Crippen MR) is 194 cm³/mol. The Kier molecular flexibility index (Phi) is 17.2. The highest BCUT2D eigenvalue weighted by Gasteiger charge is 2.16. The third kappa shape index (κ3) is 12.3. The molecule has 1 aromatic heterocycles. The van der Waals surface area contributed by atoms with Crippen molar-refractivity contribution < 1.29 is 14.4 Å². The minimum Gasteiger partial charge on any atom is -0.481 e. The van der Waals surface area contributed by atoms with Gasteiger partial charge in [0, 0.05) is 35.7 Å². The molecule has 0 aliphatic heterocycles. The highest BCUT2D eigenvalue weighted by Crippen LogP contribution is 2.31. The molecule has 0 radical (unpaired) electrons. The van der Waals surface area contributed by atoms with Gasteiger partial charge in [-0.3, -0.25) is 4.79 Å². The molecule has 1 heterocycles. The van der Waals surface area contributed by atoms with E-state index in [9.17, 15) is 4.79 Å². The molecule has 0 saturated carbocycles. The maximum absolute atomic E-state index is 10.7. The van der Waals surface area contributed by atoms with E-state index in [1.54, 1.807) is 0 Å². The Morgan fingerprint density at radius 1 is 0.935 bits per heavy atom. The van der Waals surface area contributed by atoms with Crippen molar-refractivity contribution in [3.05, 3.63) is 137 Å². The number of carboxylic acids is 1. The first-order chi connectivity index (χ1) is 22.3. The van der Waals surface area contributed by atoms with Crippen molar-refractivity contribution in [1.82, 2.24) is 10.5 Å². The number of allylic oxidation sites excluding steroid dienone is 5. The number of halogens is 1. The Labute approximate surface area is 280 Å². The van der Waals surface area contributed by atoms with E-state index in [1.807, 2.05) is 76.2 Å². The van der Waals surface area contributed by atoms with E-state index in [2.05, 4.69) is 85.5 Å². The van der Waals surface area contributed by atoms with Crippen LogP contribution in [-0.2, 0) is 17.8 Å². The van der Waals surface area contributed by atoms with Gasteiger partial charge in [0.25, 0.3) is 0 Å². The van der Waals surface area contributed by atoms with Crippen LogP contribution in [0.15, 0.2) is 120 Å². The second-order valence-electron chi connectivity index (χ2n) is 10.6. The van der Waals surface area contributed by atoms with E-state index in [0.717, 1.165) is 34.4 Å². The van der Waals surface area contributed by atoms with Crippen LogP contribution in [-0.4, -0.2) is 22.8 Å². The van der Waals surface area contributed by atoms with Gasteiger partial charge in [-0.2, -0.15) is 0 Å². The molecule has 0 spiro atoms. The van der Waals surface area contributed by atoms with Crippen LogP contribution in [0.3, 0.4) is 0 Å². The molecule has 3 aromatic carbocycles. The van der Waals surface area contributed by atoms with Gasteiger partial charge in [0.1, 0.15) is 0 Å². The molecule has 244 valence electrons. The van der Waals surface area contributed by atoms with Gasteiger partial charge in [-0.25, -0.2) is 0 Å². The van der Waals surface area contributed by atoms with E-state index in [4.69, 9.17) is 21.2 Å². The lowest BCUT2D eigenvalue weighted by Gasteiger charge is -2.11. The van der Waals surface area contributed by atoms with Gasteiger partial charge in [0.05, 0.1) is 12.1 Å². The smallest absolute Gasteiger partial charge is 0.304 e. The Hall–Kier alpha value is -4.19. The molecule has 4 rings (SSSR count). The average molecular weight is 641 g/mol. The molecule has 0 amide bonds. The summed E-state index contributed by atoms with van der Waals surface area (Å²) in [5.74, 6) is 0.293. The van der Waals surface area contributed by atoms with Gasteiger partial charge in [0.2, 0.25) is 0 Å². The molecule has 0 aliphatic carbocycles. The Morgan fingerprint density at radius 2 is 1.59 bits per heavy atom. The molecule has 2 N–H and O–H groups in total. The molecule has 5 nitrogen and oxygen atoms in total. The summed E-state index contributed by atoms with van der Waals surface area (Å²) in [5.41, 5.74) is 7.42. The van der Waals surface area contributed by atoms with Gasteiger partial charge >= 0.3 is 5.97 Å². The maximum atomic E-state index is 10.7. The number of nitrogens with one attached hydrogen (secondary N) is 1. The largest absolute Gasteiger partial charge is 0.481 e. The summed E-state index contributed by atoms with van der Waals surface area (Å²) < 4.78 is 5.87. The molecule has 4 aromatic rings. The first kappa shape index (κ1) is 38.0. The number of hydrogen-bond acceptors (Lipinski definition) is 4. The number of carbonyl (C=O) groups is 1. The second-order valence-corrected chi connectivity index (χ2v) is 11.0. The zero-order valence-electron chi connectivity index (χ0n) is 28.1. The van der Waals surface area contributed by atoms with Crippen LogP contribution in [0.1, 0.15) is 70.7 Å². The maximum Gasteiger partial charge on any atom is 0.304 e. The molecule has 6 heteroatoms. The van der Waals surface area contributed by atoms with Crippen LogP contribution in [0.2, 0.25) is 5.02 Å². The number of carboxylic acid groups (broad SMARTS) is 1. The molecule has 0 saturated heterocycles. The quantitative estimate of drug-likeness (QED) is 0.106. The first-order valence-corrected chi connectivity index (χ1v) is 16.5. The number of aliphatic carboxylic acids is 1. The molecule has 46 heavy (non-hydrogen) atoms. The van der Waals surface area contributed by atoms with Crippen LogP contribution >= 0.6 is 11.6 Å². The van der Waals surface area contributed by atoms with Gasteiger partial charge in [0.15, 0.2) is 5.76 Å². The number of nitrogens with zero attached hydrogens (tertiary/aromatic N) is 1. The second kappa shape index (κ2) is 20.8. The summed E-state index contributed by atoms with van der Waals surface area (Å²) in [6.07, 6.45) is 9.11. The van der Waals surface area contributed by atoms with Crippen molar-refractivity contribution in [2.24, 2.45) is 5.92 Å². The SMILES string of the molecule is C=C/C(=C\C=C\C(Cc1ccc(CNCCC(=O)O)cc1)c1cc(-c2cccc(-c3ccc(Cl)cc3)c2)on1)C(C)C.CC.CC. The van der Waals surface area contributed by atoms with E-state index in [-0.39, 0.29) is 12.3 Å². The molecule has 0 fully saturated rings. The summed E-state index contributed by atoms with van der Waals surface area (Å²) in [6.45, 7) is 17.3. The molecule has 1 unspecified atom stereocenters. The van der Waals surface area contributed by atoms with Crippen molar-refractivity contribution in [3.63, 3.8) is 0 Å². The zero-order chi connectivity index (χ0) is 33.9. The third-order valence-corrected chi connectivity index (χ3v) is 7.34. The Morgan fingerprint density at radius 3 is 2.22 bits per heavy atom. The predicted octanol–water partition coefficient (Wildman–Crippen LogP) is 10.9. The van der Waals surface area contributed by atoms with Crippen LogP contribution in [0.4, 0.5) is 0 Å². The highest BCUT2D eigenvalue weighted by molar-refractivity contribution is 6.30. The van der Waals surface area contributed by atoms with Crippen LogP contribution in [0.5, 0.6) is 0 Å². The first-order valence-electron chi connectivity index (χ1n) is 16.2. The number of benzene rings is 3. The zero-order valence-corrected chi connectivity index (χ0v) is 28.9. The Bertz CT molecular complexity index is 1530. The Balaban J connectivity index is 0.00000177. The van der Waals surface area contributed by atoms with Gasteiger partial charge in [-0.05, 0) is 58.4 Å². The summed E-state index contributed by atoms with van der Waals surface area (Å²) in [7, 11) is 0. The third-order valence-electron chi connectivity index (χ3n) is 7.09. The van der Waals surface area contributed by atoms with Crippen molar-refractivity contribution in [2.45, 2.75) is 66.8 Å².